The Morgan fingerprint density at radius 3 is 2.77 bits per heavy atom. The summed E-state index contributed by atoms with van der Waals surface area (Å²) in [6.07, 6.45) is 0.710. The van der Waals surface area contributed by atoms with Crippen molar-refractivity contribution in [2.75, 3.05) is 19.6 Å². The summed E-state index contributed by atoms with van der Waals surface area (Å²) in [6.45, 7) is 2.70. The van der Waals surface area contributed by atoms with Crippen LogP contribution < -0.4 is 5.73 Å². The molecule has 0 bridgehead atoms. The molecule has 1 aliphatic heterocycles. The molecule has 0 aliphatic carbocycles. The molecule has 2 N–H and O–H groups in total. The molecule has 6 heteroatoms. The molecule has 26 heavy (non-hydrogen) atoms. The second-order valence-corrected chi connectivity index (χ2v) is 7.15. The molecule has 2 heterocycles. The summed E-state index contributed by atoms with van der Waals surface area (Å²) in [6, 6.07) is 18.1. The zero-order valence-corrected chi connectivity index (χ0v) is 15.1. The van der Waals surface area contributed by atoms with Gasteiger partial charge < -0.3 is 15.2 Å². The van der Waals surface area contributed by atoms with Crippen LogP contribution in [0.3, 0.4) is 0 Å². The van der Waals surface area contributed by atoms with E-state index in [1.807, 2.05) is 30.3 Å². The summed E-state index contributed by atoms with van der Waals surface area (Å²) >= 11 is 6.02. The Bertz CT molecular complexity index is 867. The Labute approximate surface area is 157 Å². The van der Waals surface area contributed by atoms with Gasteiger partial charge in [-0.3, -0.25) is 0 Å². The lowest BCUT2D eigenvalue weighted by molar-refractivity contribution is 0.307. The largest absolute Gasteiger partial charge is 0.339 e. The SMILES string of the molecule is N[C@@H]1CN(CCc2nc(-c3cccc(Cl)c3)no2)C[C@H]1c1ccccc1. The highest BCUT2D eigenvalue weighted by Gasteiger charge is 2.31. The molecule has 4 rings (SSSR count). The van der Waals surface area contributed by atoms with Crippen LogP contribution in [0.2, 0.25) is 5.02 Å². The van der Waals surface area contributed by atoms with Crippen molar-refractivity contribution in [3.05, 3.63) is 71.1 Å². The van der Waals surface area contributed by atoms with Gasteiger partial charge in [0.15, 0.2) is 0 Å². The summed E-state index contributed by atoms with van der Waals surface area (Å²) in [4.78, 5) is 6.85. The highest BCUT2D eigenvalue weighted by Crippen LogP contribution is 2.26. The van der Waals surface area contributed by atoms with E-state index in [0.717, 1.165) is 25.2 Å². The monoisotopic (exact) mass is 368 g/mol. The number of hydrogen-bond acceptors (Lipinski definition) is 5. The number of nitrogens with zero attached hydrogens (tertiary/aromatic N) is 3. The zero-order chi connectivity index (χ0) is 17.9. The first kappa shape index (κ1) is 17.2. The fraction of sp³-hybridized carbons (Fsp3) is 0.300. The molecule has 0 saturated carbocycles. The molecule has 0 spiro atoms. The average Bonchev–Trinajstić information content (AvgIpc) is 3.27. The molecule has 2 atom stereocenters. The average molecular weight is 369 g/mol. The Kier molecular flexibility index (Phi) is 5.02. The molecule has 1 aliphatic rings. The van der Waals surface area contributed by atoms with Crippen LogP contribution in [0.15, 0.2) is 59.1 Å². The second-order valence-electron chi connectivity index (χ2n) is 6.71. The van der Waals surface area contributed by atoms with E-state index >= 15 is 0 Å². The van der Waals surface area contributed by atoms with Crippen LogP contribution in [0.4, 0.5) is 0 Å². The standard InChI is InChI=1S/C20H21ClN4O/c21-16-8-4-7-15(11-16)20-23-19(26-24-20)9-10-25-12-17(18(22)13-25)14-5-2-1-3-6-14/h1-8,11,17-18H,9-10,12-13,22H2/t17-,18+/m0/s1. The van der Waals surface area contributed by atoms with Crippen molar-refractivity contribution in [1.82, 2.24) is 15.0 Å². The minimum atomic E-state index is 0.155. The molecule has 0 unspecified atom stereocenters. The summed E-state index contributed by atoms with van der Waals surface area (Å²) in [7, 11) is 0. The van der Waals surface area contributed by atoms with Crippen LogP contribution in [-0.4, -0.2) is 40.7 Å². The lowest BCUT2D eigenvalue weighted by Gasteiger charge is -2.15. The van der Waals surface area contributed by atoms with Crippen LogP contribution in [0, 0.1) is 0 Å². The molecule has 2 aromatic carbocycles. The van der Waals surface area contributed by atoms with Crippen LogP contribution in [-0.2, 0) is 6.42 Å². The highest BCUT2D eigenvalue weighted by atomic mass is 35.5. The molecule has 0 radical (unpaired) electrons. The van der Waals surface area contributed by atoms with Gasteiger partial charge in [-0.1, -0.05) is 59.2 Å². The number of aromatic nitrogens is 2. The lowest BCUT2D eigenvalue weighted by atomic mass is 9.95. The van der Waals surface area contributed by atoms with Gasteiger partial charge in [-0.05, 0) is 17.7 Å². The fourth-order valence-corrected chi connectivity index (χ4v) is 3.69. The second kappa shape index (κ2) is 7.58. The lowest BCUT2D eigenvalue weighted by Crippen LogP contribution is -2.29. The molecule has 5 nitrogen and oxygen atoms in total. The number of nitrogens with two attached hydrogens (primary N) is 1. The topological polar surface area (TPSA) is 68.2 Å². The smallest absolute Gasteiger partial charge is 0.228 e. The van der Waals surface area contributed by atoms with Gasteiger partial charge in [-0.15, -0.1) is 0 Å². The molecule has 1 saturated heterocycles. The first-order chi connectivity index (χ1) is 12.7. The van der Waals surface area contributed by atoms with Gasteiger partial charge in [0.1, 0.15) is 0 Å². The predicted molar refractivity (Wildman–Crippen MR) is 102 cm³/mol. The Morgan fingerprint density at radius 2 is 1.96 bits per heavy atom. The van der Waals surface area contributed by atoms with E-state index in [1.54, 1.807) is 0 Å². The maximum Gasteiger partial charge on any atom is 0.228 e. The molecule has 3 aromatic rings. The van der Waals surface area contributed by atoms with Gasteiger partial charge in [0.25, 0.3) is 0 Å². The summed E-state index contributed by atoms with van der Waals surface area (Å²) in [5.74, 6) is 1.58. The highest BCUT2D eigenvalue weighted by molar-refractivity contribution is 6.30. The number of likely N-dealkylation sites (tertiary alicyclic amines) is 1. The quantitative estimate of drug-likeness (QED) is 0.747. The van der Waals surface area contributed by atoms with Crippen molar-refractivity contribution >= 4 is 11.6 Å². The van der Waals surface area contributed by atoms with Crippen LogP contribution in [0.1, 0.15) is 17.4 Å². The molecule has 1 aromatic heterocycles. The van der Waals surface area contributed by atoms with Crippen LogP contribution in [0.5, 0.6) is 0 Å². The van der Waals surface area contributed by atoms with E-state index in [9.17, 15) is 0 Å². The van der Waals surface area contributed by atoms with Gasteiger partial charge in [0.05, 0.1) is 0 Å². The Hall–Kier alpha value is -2.21. The van der Waals surface area contributed by atoms with E-state index in [0.29, 0.717) is 29.1 Å². The Balaban J connectivity index is 1.36. The summed E-state index contributed by atoms with van der Waals surface area (Å²) < 4.78 is 5.39. The van der Waals surface area contributed by atoms with Crippen molar-refractivity contribution in [2.45, 2.75) is 18.4 Å². The molecular formula is C20H21ClN4O. The van der Waals surface area contributed by atoms with Crippen molar-refractivity contribution < 1.29 is 4.52 Å². The summed E-state index contributed by atoms with van der Waals surface area (Å²) in [5, 5.41) is 4.72. The first-order valence-corrected chi connectivity index (χ1v) is 9.18. The number of hydrogen-bond donors (Lipinski definition) is 1. The third-order valence-corrected chi connectivity index (χ3v) is 5.10. The fourth-order valence-electron chi connectivity index (χ4n) is 3.50. The minimum Gasteiger partial charge on any atom is -0.339 e. The normalized spacial score (nSPS) is 20.5. The number of benzene rings is 2. The summed E-state index contributed by atoms with van der Waals surface area (Å²) in [5.41, 5.74) is 8.53. The molecular weight excluding hydrogens is 348 g/mol. The third kappa shape index (κ3) is 3.80. The van der Waals surface area contributed by atoms with E-state index in [2.05, 4.69) is 39.3 Å². The maximum absolute atomic E-state index is 6.36. The molecule has 134 valence electrons. The number of halogens is 1. The van der Waals surface area contributed by atoms with E-state index < -0.39 is 0 Å². The first-order valence-electron chi connectivity index (χ1n) is 8.80. The third-order valence-electron chi connectivity index (χ3n) is 4.86. The predicted octanol–water partition coefficient (Wildman–Crippen LogP) is 3.36. The van der Waals surface area contributed by atoms with Gasteiger partial charge in [-0.2, -0.15) is 4.98 Å². The maximum atomic E-state index is 6.36. The van der Waals surface area contributed by atoms with Gasteiger partial charge in [-0.25, -0.2) is 0 Å². The van der Waals surface area contributed by atoms with Crippen LogP contribution >= 0.6 is 11.6 Å². The van der Waals surface area contributed by atoms with Crippen molar-refractivity contribution in [3.63, 3.8) is 0 Å². The van der Waals surface area contributed by atoms with Crippen LogP contribution in [0.25, 0.3) is 11.4 Å². The minimum absolute atomic E-state index is 0.155. The molecule has 0 amide bonds. The van der Waals surface area contributed by atoms with Crippen molar-refractivity contribution in [1.29, 1.82) is 0 Å². The van der Waals surface area contributed by atoms with Crippen molar-refractivity contribution in [3.8, 4) is 11.4 Å². The number of rotatable bonds is 5. The van der Waals surface area contributed by atoms with E-state index in [-0.39, 0.29) is 6.04 Å². The van der Waals surface area contributed by atoms with E-state index in [1.165, 1.54) is 5.56 Å². The van der Waals surface area contributed by atoms with Gasteiger partial charge in [0, 0.05) is 48.6 Å². The van der Waals surface area contributed by atoms with Gasteiger partial charge in [0.2, 0.25) is 11.7 Å². The molecule has 1 fully saturated rings. The Morgan fingerprint density at radius 1 is 1.12 bits per heavy atom. The van der Waals surface area contributed by atoms with Gasteiger partial charge >= 0.3 is 0 Å². The van der Waals surface area contributed by atoms with Crippen molar-refractivity contribution in [2.24, 2.45) is 5.73 Å². The zero-order valence-electron chi connectivity index (χ0n) is 14.4. The van der Waals surface area contributed by atoms with E-state index in [4.69, 9.17) is 21.9 Å².